The molecule has 2 aromatic carbocycles. The highest BCUT2D eigenvalue weighted by Gasteiger charge is 2.06. The van der Waals surface area contributed by atoms with Crippen LogP contribution in [0.5, 0.6) is 5.75 Å². The molecule has 0 aliphatic rings. The van der Waals surface area contributed by atoms with Crippen LogP contribution in [0.1, 0.15) is 11.1 Å². The van der Waals surface area contributed by atoms with Crippen LogP contribution in [0.25, 0.3) is 0 Å². The van der Waals surface area contributed by atoms with E-state index in [1.54, 1.807) is 7.11 Å². The summed E-state index contributed by atoms with van der Waals surface area (Å²) in [6, 6.07) is 15.9. The van der Waals surface area contributed by atoms with E-state index in [2.05, 4.69) is 33.6 Å². The summed E-state index contributed by atoms with van der Waals surface area (Å²) in [6.07, 6.45) is 1.53. The minimum Gasteiger partial charge on any atom is -0.495 e. The van der Waals surface area contributed by atoms with Crippen LogP contribution >= 0.6 is 0 Å². The van der Waals surface area contributed by atoms with Gasteiger partial charge in [-0.1, -0.05) is 24.3 Å². The van der Waals surface area contributed by atoms with Gasteiger partial charge in [0.2, 0.25) is 0 Å². The first-order valence-corrected chi connectivity index (χ1v) is 7.72. The van der Waals surface area contributed by atoms with Crippen LogP contribution in [0.4, 0.5) is 23.0 Å². The third-order valence-corrected chi connectivity index (χ3v) is 3.69. The maximum Gasteiger partial charge on any atom is 0.142 e. The number of benzene rings is 2. The standard InChI is InChI=1S/C19H20N4O/c1-13-8-9-17(24-3)16(10-13)23-19-11-18(20-12-21-19)22-15-7-5-4-6-14(15)2/h4-12H,1-3H3,(H2,20,21,22,23). The topological polar surface area (TPSA) is 59.1 Å². The zero-order valence-electron chi connectivity index (χ0n) is 14.0. The molecule has 5 nitrogen and oxygen atoms in total. The summed E-state index contributed by atoms with van der Waals surface area (Å²) in [5, 5.41) is 6.60. The summed E-state index contributed by atoms with van der Waals surface area (Å²) in [7, 11) is 1.65. The number of methoxy groups -OCH3 is 1. The van der Waals surface area contributed by atoms with E-state index in [1.165, 1.54) is 6.33 Å². The van der Waals surface area contributed by atoms with Crippen molar-refractivity contribution in [2.45, 2.75) is 13.8 Å². The van der Waals surface area contributed by atoms with E-state index in [0.29, 0.717) is 5.82 Å². The van der Waals surface area contributed by atoms with Crippen molar-refractivity contribution in [1.82, 2.24) is 9.97 Å². The van der Waals surface area contributed by atoms with E-state index in [4.69, 9.17) is 4.74 Å². The summed E-state index contributed by atoms with van der Waals surface area (Å²) < 4.78 is 5.39. The van der Waals surface area contributed by atoms with Crippen LogP contribution < -0.4 is 15.4 Å². The number of rotatable bonds is 5. The molecule has 1 heterocycles. The van der Waals surface area contributed by atoms with Gasteiger partial charge in [-0.15, -0.1) is 0 Å². The van der Waals surface area contributed by atoms with Crippen molar-refractivity contribution in [2.75, 3.05) is 17.7 Å². The van der Waals surface area contributed by atoms with E-state index in [1.807, 2.05) is 49.4 Å². The fourth-order valence-corrected chi connectivity index (χ4v) is 2.40. The number of aryl methyl sites for hydroxylation is 2. The van der Waals surface area contributed by atoms with E-state index >= 15 is 0 Å². The van der Waals surface area contributed by atoms with Gasteiger partial charge >= 0.3 is 0 Å². The van der Waals surface area contributed by atoms with Crippen LogP contribution in [0.3, 0.4) is 0 Å². The molecule has 0 aliphatic heterocycles. The molecule has 0 bridgehead atoms. The first-order chi connectivity index (χ1) is 11.7. The molecule has 3 rings (SSSR count). The molecule has 5 heteroatoms. The van der Waals surface area contributed by atoms with Crippen molar-refractivity contribution in [3.8, 4) is 5.75 Å². The monoisotopic (exact) mass is 320 g/mol. The van der Waals surface area contributed by atoms with Crippen LogP contribution in [0, 0.1) is 13.8 Å². The highest BCUT2D eigenvalue weighted by Crippen LogP contribution is 2.28. The predicted molar refractivity (Wildman–Crippen MR) is 97.5 cm³/mol. The molecule has 0 radical (unpaired) electrons. The van der Waals surface area contributed by atoms with Crippen molar-refractivity contribution in [2.24, 2.45) is 0 Å². The Morgan fingerprint density at radius 2 is 1.54 bits per heavy atom. The Labute approximate surface area is 141 Å². The second kappa shape index (κ2) is 7.00. The lowest BCUT2D eigenvalue weighted by molar-refractivity contribution is 0.416. The van der Waals surface area contributed by atoms with Gasteiger partial charge in [-0.2, -0.15) is 0 Å². The average Bonchev–Trinajstić information content (AvgIpc) is 2.58. The van der Waals surface area contributed by atoms with Crippen LogP contribution in [-0.2, 0) is 0 Å². The number of aromatic nitrogens is 2. The normalized spacial score (nSPS) is 10.3. The smallest absolute Gasteiger partial charge is 0.142 e. The Hall–Kier alpha value is -3.08. The van der Waals surface area contributed by atoms with Gasteiger partial charge in [0.25, 0.3) is 0 Å². The maximum atomic E-state index is 5.39. The highest BCUT2D eigenvalue weighted by atomic mass is 16.5. The second-order valence-electron chi connectivity index (χ2n) is 5.56. The quantitative estimate of drug-likeness (QED) is 0.720. The largest absolute Gasteiger partial charge is 0.495 e. The van der Waals surface area contributed by atoms with Crippen molar-refractivity contribution in [1.29, 1.82) is 0 Å². The molecule has 0 amide bonds. The number of hydrogen-bond donors (Lipinski definition) is 2. The number of nitrogens with one attached hydrogen (secondary N) is 2. The molecular formula is C19H20N4O. The number of anilines is 4. The van der Waals surface area contributed by atoms with Gasteiger partial charge in [0.05, 0.1) is 12.8 Å². The third-order valence-electron chi connectivity index (χ3n) is 3.69. The molecule has 122 valence electrons. The van der Waals surface area contributed by atoms with Crippen LogP contribution in [0.2, 0.25) is 0 Å². The van der Waals surface area contributed by atoms with Gasteiger partial charge < -0.3 is 15.4 Å². The Morgan fingerprint density at radius 3 is 2.25 bits per heavy atom. The van der Waals surface area contributed by atoms with Gasteiger partial charge in [-0.3, -0.25) is 0 Å². The van der Waals surface area contributed by atoms with Gasteiger partial charge in [0, 0.05) is 11.8 Å². The van der Waals surface area contributed by atoms with Gasteiger partial charge in [-0.25, -0.2) is 9.97 Å². The molecule has 0 fully saturated rings. The van der Waals surface area contributed by atoms with Gasteiger partial charge in [0.1, 0.15) is 23.7 Å². The fraction of sp³-hybridized carbons (Fsp3) is 0.158. The number of hydrogen-bond acceptors (Lipinski definition) is 5. The summed E-state index contributed by atoms with van der Waals surface area (Å²) >= 11 is 0. The molecule has 0 saturated heterocycles. The molecule has 0 atom stereocenters. The minimum atomic E-state index is 0.699. The van der Waals surface area contributed by atoms with Crippen molar-refractivity contribution >= 4 is 23.0 Å². The van der Waals surface area contributed by atoms with E-state index in [0.717, 1.165) is 34.1 Å². The molecule has 24 heavy (non-hydrogen) atoms. The van der Waals surface area contributed by atoms with Crippen LogP contribution in [0.15, 0.2) is 54.9 Å². The summed E-state index contributed by atoms with van der Waals surface area (Å²) in [5.41, 5.74) is 4.20. The molecule has 0 spiro atoms. The Kier molecular flexibility index (Phi) is 4.61. The Balaban J connectivity index is 1.84. The summed E-state index contributed by atoms with van der Waals surface area (Å²) in [5.74, 6) is 2.20. The first kappa shape index (κ1) is 15.8. The number of ether oxygens (including phenoxy) is 1. The van der Waals surface area contributed by atoms with Crippen LogP contribution in [-0.4, -0.2) is 17.1 Å². The SMILES string of the molecule is COc1ccc(C)cc1Nc1cc(Nc2ccccc2C)ncn1. The molecular weight excluding hydrogens is 300 g/mol. The number of nitrogens with zero attached hydrogens (tertiary/aromatic N) is 2. The summed E-state index contributed by atoms with van der Waals surface area (Å²) in [6.45, 7) is 4.09. The second-order valence-corrected chi connectivity index (χ2v) is 5.56. The highest BCUT2D eigenvalue weighted by molar-refractivity contribution is 5.68. The van der Waals surface area contributed by atoms with Crippen molar-refractivity contribution in [3.63, 3.8) is 0 Å². The van der Waals surface area contributed by atoms with Gasteiger partial charge in [0.15, 0.2) is 0 Å². The van der Waals surface area contributed by atoms with E-state index < -0.39 is 0 Å². The molecule has 3 aromatic rings. The van der Waals surface area contributed by atoms with Crippen molar-refractivity contribution < 1.29 is 4.74 Å². The molecule has 1 aromatic heterocycles. The maximum absolute atomic E-state index is 5.39. The number of para-hydroxylation sites is 1. The Bertz CT molecular complexity index is 848. The zero-order chi connectivity index (χ0) is 16.9. The first-order valence-electron chi connectivity index (χ1n) is 7.72. The Morgan fingerprint density at radius 1 is 0.833 bits per heavy atom. The lowest BCUT2D eigenvalue weighted by atomic mass is 10.2. The predicted octanol–water partition coefficient (Wildman–Crippen LogP) is 4.59. The molecule has 2 N–H and O–H groups in total. The minimum absolute atomic E-state index is 0.699. The molecule has 0 saturated carbocycles. The zero-order valence-corrected chi connectivity index (χ0v) is 14.0. The van der Waals surface area contributed by atoms with E-state index in [9.17, 15) is 0 Å². The van der Waals surface area contributed by atoms with Crippen molar-refractivity contribution in [3.05, 3.63) is 66.0 Å². The lowest BCUT2D eigenvalue weighted by Gasteiger charge is -2.13. The lowest BCUT2D eigenvalue weighted by Crippen LogP contribution is -2.00. The third kappa shape index (κ3) is 3.63. The summed E-state index contributed by atoms with van der Waals surface area (Å²) in [4.78, 5) is 8.57. The molecule has 0 aliphatic carbocycles. The van der Waals surface area contributed by atoms with Gasteiger partial charge in [-0.05, 0) is 43.2 Å². The fourth-order valence-electron chi connectivity index (χ4n) is 2.40. The van der Waals surface area contributed by atoms with E-state index in [-0.39, 0.29) is 0 Å². The molecule has 0 unspecified atom stereocenters. The average molecular weight is 320 g/mol.